The molecule has 2 unspecified atom stereocenters. The van der Waals surface area contributed by atoms with E-state index in [0.717, 1.165) is 66.2 Å². The van der Waals surface area contributed by atoms with Crippen LogP contribution in [0.25, 0.3) is 11.1 Å². The van der Waals surface area contributed by atoms with Gasteiger partial charge in [0.15, 0.2) is 23.0 Å². The van der Waals surface area contributed by atoms with Crippen LogP contribution >= 0.6 is 15.9 Å². The maximum absolute atomic E-state index is 9.10. The molecular weight excluding hydrogens is 952 g/mol. The molecule has 0 saturated carbocycles. The van der Waals surface area contributed by atoms with Crippen LogP contribution in [0.2, 0.25) is 0 Å². The molecule has 8 N–H and O–H groups in total. The number of hydrogen-bond acceptors (Lipinski definition) is 12. The molecule has 18 nitrogen and oxygen atoms in total. The molecule has 0 amide bonds. The van der Waals surface area contributed by atoms with Gasteiger partial charge in [-0.1, -0.05) is 82.2 Å². The van der Waals surface area contributed by atoms with Crippen molar-refractivity contribution in [3.63, 3.8) is 0 Å². The number of benzene rings is 5. The lowest BCUT2D eigenvalue weighted by atomic mass is 9.89. The fraction of sp³-hybridized carbons (Fsp3) is 0.265. The maximum atomic E-state index is 9.10. The van der Waals surface area contributed by atoms with Crippen molar-refractivity contribution in [2.45, 2.75) is 44.7 Å². The van der Waals surface area contributed by atoms with E-state index < -0.39 is 35.8 Å². The SMILES string of the molecule is COc1cc2c(cc1OC)C(Cc1ccc(-c3ccc(C)cc3)cc1)NCC2.COc1cc2c(cc1OC)C(Cc1ccc(Br)cc1)NCC2.O=C(O)C(=O)O.O=C(O)C(=O)O.O=C(O)C(=O)O. The van der Waals surface area contributed by atoms with Crippen LogP contribution in [-0.4, -0.2) is 108 Å². The fourth-order valence-corrected chi connectivity index (χ4v) is 7.24. The number of fused-ring (bicyclic) bond motifs is 2. The minimum absolute atomic E-state index is 0.286. The van der Waals surface area contributed by atoms with Gasteiger partial charge >= 0.3 is 35.8 Å². The highest BCUT2D eigenvalue weighted by molar-refractivity contribution is 9.10. The van der Waals surface area contributed by atoms with E-state index in [-0.39, 0.29) is 6.04 Å². The molecule has 0 aliphatic carbocycles. The van der Waals surface area contributed by atoms with Crippen molar-refractivity contribution in [3.05, 3.63) is 140 Å². The van der Waals surface area contributed by atoms with E-state index in [9.17, 15) is 0 Å². The van der Waals surface area contributed by atoms with Crippen molar-refractivity contribution in [2.75, 3.05) is 41.5 Å². The molecule has 2 aliphatic rings. The number of carboxylic acid groups (broad SMARTS) is 6. The number of ether oxygens (including phenoxy) is 4. The van der Waals surface area contributed by atoms with Crippen molar-refractivity contribution < 1.29 is 78.4 Å². The zero-order valence-corrected chi connectivity index (χ0v) is 39.4. The molecule has 2 heterocycles. The van der Waals surface area contributed by atoms with Gasteiger partial charge in [-0.3, -0.25) is 0 Å². The Morgan fingerprint density at radius 3 is 1.09 bits per heavy atom. The lowest BCUT2D eigenvalue weighted by molar-refractivity contribution is -0.159. The summed E-state index contributed by atoms with van der Waals surface area (Å²) in [5.41, 5.74) is 11.8. The number of halogens is 1. The average molecular weight is 1010 g/mol. The van der Waals surface area contributed by atoms with Crippen LogP contribution in [0.15, 0.2) is 102 Å². The molecular formula is C49H53BrN2O16. The second-order valence-corrected chi connectivity index (χ2v) is 15.7. The summed E-state index contributed by atoms with van der Waals surface area (Å²) in [6.07, 6.45) is 3.96. The lowest BCUT2D eigenvalue weighted by Gasteiger charge is -2.28. The van der Waals surface area contributed by atoms with Gasteiger partial charge in [0.25, 0.3) is 0 Å². The fourth-order valence-electron chi connectivity index (χ4n) is 6.97. The molecule has 0 aromatic heterocycles. The first-order chi connectivity index (χ1) is 32.3. The minimum atomic E-state index is -1.82. The van der Waals surface area contributed by atoms with Gasteiger partial charge in [0.05, 0.1) is 28.4 Å². The first kappa shape index (κ1) is 54.9. The summed E-state index contributed by atoms with van der Waals surface area (Å²) in [4.78, 5) is 54.6. The van der Waals surface area contributed by atoms with E-state index in [2.05, 4.69) is 131 Å². The van der Waals surface area contributed by atoms with Crippen molar-refractivity contribution in [1.82, 2.24) is 10.6 Å². The predicted molar refractivity (Wildman–Crippen MR) is 252 cm³/mol. The summed E-state index contributed by atoms with van der Waals surface area (Å²) in [5.74, 6) is -7.73. The van der Waals surface area contributed by atoms with Gasteiger partial charge in [-0.25, -0.2) is 28.8 Å². The number of rotatable bonds is 9. The van der Waals surface area contributed by atoms with Gasteiger partial charge in [0.2, 0.25) is 0 Å². The zero-order valence-electron chi connectivity index (χ0n) is 37.8. The molecule has 0 fully saturated rings. The van der Waals surface area contributed by atoms with Crippen LogP contribution in [0.3, 0.4) is 0 Å². The molecule has 362 valence electrons. The summed E-state index contributed by atoms with van der Waals surface area (Å²) in [6, 6.07) is 35.2. The van der Waals surface area contributed by atoms with E-state index in [1.54, 1.807) is 28.4 Å². The topological polar surface area (TPSA) is 285 Å². The third-order valence-electron chi connectivity index (χ3n) is 10.3. The molecule has 0 saturated heterocycles. The highest BCUT2D eigenvalue weighted by Crippen LogP contribution is 2.38. The second kappa shape index (κ2) is 27.2. The molecule has 2 aliphatic heterocycles. The largest absolute Gasteiger partial charge is 0.493 e. The first-order valence-corrected chi connectivity index (χ1v) is 21.4. The van der Waals surface area contributed by atoms with Gasteiger partial charge in [-0.05, 0) is 127 Å². The number of hydrogen-bond donors (Lipinski definition) is 8. The van der Waals surface area contributed by atoms with Crippen LogP contribution < -0.4 is 29.6 Å². The Morgan fingerprint density at radius 1 is 0.485 bits per heavy atom. The maximum Gasteiger partial charge on any atom is 0.414 e. The van der Waals surface area contributed by atoms with Gasteiger partial charge in [0, 0.05) is 16.6 Å². The molecule has 68 heavy (non-hydrogen) atoms. The monoisotopic (exact) mass is 1000 g/mol. The number of nitrogens with one attached hydrogen (secondary N) is 2. The molecule has 5 aromatic rings. The average Bonchev–Trinajstić information content (AvgIpc) is 3.32. The standard InChI is InChI=1S/C25H27NO2.C18H20BrNO2.3C2H2O4/c1-17-4-8-19(9-5-17)20-10-6-18(7-11-20)14-23-22-16-25(28-3)24(27-2)15-21(22)12-13-26-23;1-21-17-10-13-7-8-20-16(15(13)11-18(17)22-2)9-12-3-5-14(19)6-4-12;3*3-1(4)2(5)6/h4-11,15-16,23,26H,12-14H2,1-3H3;3-6,10-11,16,20H,7-9H2,1-2H3;3*(H,3,4)(H,5,6). The van der Waals surface area contributed by atoms with E-state index >= 15 is 0 Å². The minimum Gasteiger partial charge on any atom is -0.493 e. The number of aryl methyl sites for hydroxylation is 1. The van der Waals surface area contributed by atoms with Crippen molar-refractivity contribution >= 4 is 51.7 Å². The quantitative estimate of drug-likeness (QED) is 0.0734. The van der Waals surface area contributed by atoms with Gasteiger partial charge in [-0.2, -0.15) is 0 Å². The normalized spacial score (nSPS) is 13.9. The highest BCUT2D eigenvalue weighted by Gasteiger charge is 2.24. The molecule has 0 bridgehead atoms. The number of aliphatic carboxylic acids is 6. The Balaban J connectivity index is 0.000000269. The van der Waals surface area contributed by atoms with Crippen LogP contribution in [-0.2, 0) is 54.5 Å². The van der Waals surface area contributed by atoms with Gasteiger partial charge < -0.3 is 60.2 Å². The van der Waals surface area contributed by atoms with Gasteiger partial charge in [-0.15, -0.1) is 0 Å². The third-order valence-corrected chi connectivity index (χ3v) is 10.8. The number of methoxy groups -OCH3 is 4. The van der Waals surface area contributed by atoms with Crippen molar-refractivity contribution in [3.8, 4) is 34.1 Å². The molecule has 0 radical (unpaired) electrons. The zero-order chi connectivity index (χ0) is 50.5. The van der Waals surface area contributed by atoms with E-state index in [1.807, 2.05) is 0 Å². The summed E-state index contributed by atoms with van der Waals surface area (Å²) in [7, 11) is 6.76. The second-order valence-electron chi connectivity index (χ2n) is 14.8. The van der Waals surface area contributed by atoms with E-state index in [4.69, 9.17) is 78.4 Å². The van der Waals surface area contributed by atoms with Crippen LogP contribution in [0.1, 0.15) is 51.0 Å². The van der Waals surface area contributed by atoms with Gasteiger partial charge in [0.1, 0.15) is 0 Å². The van der Waals surface area contributed by atoms with Crippen molar-refractivity contribution in [2.24, 2.45) is 0 Å². The Kier molecular flexibility index (Phi) is 22.0. The Bertz CT molecular complexity index is 2420. The van der Waals surface area contributed by atoms with Crippen molar-refractivity contribution in [1.29, 1.82) is 0 Å². The van der Waals surface area contributed by atoms with E-state index in [1.165, 1.54) is 50.1 Å². The van der Waals surface area contributed by atoms with Crippen LogP contribution in [0.4, 0.5) is 0 Å². The van der Waals surface area contributed by atoms with Crippen LogP contribution in [0.5, 0.6) is 23.0 Å². The number of carboxylic acids is 6. The third kappa shape index (κ3) is 17.1. The molecule has 7 rings (SSSR count). The Morgan fingerprint density at radius 2 is 0.779 bits per heavy atom. The van der Waals surface area contributed by atoms with E-state index in [0.29, 0.717) is 6.04 Å². The molecule has 2 atom stereocenters. The Hall–Kier alpha value is -7.48. The summed E-state index contributed by atoms with van der Waals surface area (Å²) < 4.78 is 23.0. The molecule has 19 heteroatoms. The predicted octanol–water partition coefficient (Wildman–Crippen LogP) is 6.47. The number of carbonyl (C=O) groups is 6. The molecule has 5 aromatic carbocycles. The smallest absolute Gasteiger partial charge is 0.414 e. The summed E-state index contributed by atoms with van der Waals surface area (Å²) in [5, 5.41) is 51.6. The lowest BCUT2D eigenvalue weighted by Crippen LogP contribution is -2.31. The van der Waals surface area contributed by atoms with Crippen LogP contribution in [0, 0.1) is 6.92 Å². The molecule has 0 spiro atoms. The summed E-state index contributed by atoms with van der Waals surface area (Å²) in [6.45, 7) is 4.09. The first-order valence-electron chi connectivity index (χ1n) is 20.6. The Labute approximate surface area is 400 Å². The summed E-state index contributed by atoms with van der Waals surface area (Å²) >= 11 is 3.49. The highest BCUT2D eigenvalue weighted by atomic mass is 79.9.